The molecule has 1 saturated heterocycles. The van der Waals surface area contributed by atoms with Gasteiger partial charge in [0.1, 0.15) is 17.9 Å². The maximum Gasteiger partial charge on any atom is 0.336 e. The summed E-state index contributed by atoms with van der Waals surface area (Å²) in [6, 6.07) is 13.5. The first kappa shape index (κ1) is 19.6. The normalized spacial score (nSPS) is 15.5. The van der Waals surface area contributed by atoms with E-state index in [1.165, 1.54) is 10.4 Å². The van der Waals surface area contributed by atoms with Crippen LogP contribution in [0.3, 0.4) is 0 Å². The predicted octanol–water partition coefficient (Wildman–Crippen LogP) is 2.70. The summed E-state index contributed by atoms with van der Waals surface area (Å²) in [4.78, 5) is 11.8. The van der Waals surface area contributed by atoms with Crippen LogP contribution in [0.15, 0.2) is 62.6 Å². The van der Waals surface area contributed by atoms with Crippen LogP contribution in [0.25, 0.3) is 11.0 Å². The Balaban J connectivity index is 1.53. The van der Waals surface area contributed by atoms with Gasteiger partial charge < -0.3 is 13.9 Å². The molecule has 0 spiro atoms. The van der Waals surface area contributed by atoms with Gasteiger partial charge in [0.2, 0.25) is 10.0 Å². The second kappa shape index (κ2) is 7.98. The molecule has 0 N–H and O–H groups in total. The van der Waals surface area contributed by atoms with Crippen LogP contribution in [0.5, 0.6) is 5.75 Å². The van der Waals surface area contributed by atoms with E-state index in [1.807, 2.05) is 19.1 Å². The van der Waals surface area contributed by atoms with Crippen molar-refractivity contribution in [2.24, 2.45) is 0 Å². The molecule has 152 valence electrons. The quantitative estimate of drug-likeness (QED) is 0.596. The SMILES string of the molecule is Cc1cc(=O)oc2cc(OCc3cccc(S(=O)(=O)N4CCOCC4)c3)ccc12. The summed E-state index contributed by atoms with van der Waals surface area (Å²) in [6.45, 7) is 3.54. The Morgan fingerprint density at radius 1 is 1.07 bits per heavy atom. The van der Waals surface area contributed by atoms with Crippen LogP contribution in [0.1, 0.15) is 11.1 Å². The number of morpholine rings is 1. The fourth-order valence-corrected chi connectivity index (χ4v) is 4.77. The molecular formula is C21H21NO6S. The maximum atomic E-state index is 12.8. The lowest BCUT2D eigenvalue weighted by atomic mass is 10.1. The van der Waals surface area contributed by atoms with Crippen LogP contribution in [-0.4, -0.2) is 39.0 Å². The number of ether oxygens (including phenoxy) is 2. The van der Waals surface area contributed by atoms with Crippen LogP contribution in [-0.2, 0) is 21.4 Å². The van der Waals surface area contributed by atoms with Crippen molar-refractivity contribution in [2.75, 3.05) is 26.3 Å². The Morgan fingerprint density at radius 2 is 1.86 bits per heavy atom. The van der Waals surface area contributed by atoms with Crippen LogP contribution in [0.4, 0.5) is 0 Å². The molecule has 4 rings (SSSR count). The van der Waals surface area contributed by atoms with Gasteiger partial charge in [-0.3, -0.25) is 0 Å². The van der Waals surface area contributed by atoms with E-state index in [4.69, 9.17) is 13.9 Å². The van der Waals surface area contributed by atoms with Crippen molar-refractivity contribution >= 4 is 21.0 Å². The smallest absolute Gasteiger partial charge is 0.336 e. The average molecular weight is 415 g/mol. The van der Waals surface area contributed by atoms with Crippen LogP contribution in [0.2, 0.25) is 0 Å². The molecule has 7 nitrogen and oxygen atoms in total. The van der Waals surface area contributed by atoms with E-state index in [9.17, 15) is 13.2 Å². The van der Waals surface area contributed by atoms with Crippen molar-refractivity contribution in [3.8, 4) is 5.75 Å². The zero-order valence-corrected chi connectivity index (χ0v) is 16.8. The molecule has 0 atom stereocenters. The Morgan fingerprint density at radius 3 is 2.66 bits per heavy atom. The Kier molecular flexibility index (Phi) is 5.40. The van der Waals surface area contributed by atoms with Crippen molar-refractivity contribution in [1.29, 1.82) is 0 Å². The molecule has 0 saturated carbocycles. The van der Waals surface area contributed by atoms with E-state index in [1.54, 1.807) is 30.3 Å². The van der Waals surface area contributed by atoms with Gasteiger partial charge in [-0.05, 0) is 42.3 Å². The standard InChI is InChI=1S/C21H21NO6S/c1-15-11-21(23)28-20-13-17(5-6-19(15)20)27-14-16-3-2-4-18(12-16)29(24,25)22-7-9-26-10-8-22/h2-6,11-13H,7-10,14H2,1H3. The number of rotatable bonds is 5. The average Bonchev–Trinajstić information content (AvgIpc) is 2.72. The van der Waals surface area contributed by atoms with Gasteiger partial charge in [0.05, 0.1) is 18.1 Å². The van der Waals surface area contributed by atoms with Gasteiger partial charge in [-0.25, -0.2) is 13.2 Å². The molecule has 1 fully saturated rings. The number of nitrogens with zero attached hydrogens (tertiary/aromatic N) is 1. The lowest BCUT2D eigenvalue weighted by Gasteiger charge is -2.26. The zero-order chi connectivity index (χ0) is 20.4. The van der Waals surface area contributed by atoms with Crippen molar-refractivity contribution in [1.82, 2.24) is 4.31 Å². The molecule has 1 aliphatic rings. The number of sulfonamides is 1. The summed E-state index contributed by atoms with van der Waals surface area (Å²) in [5.41, 5.74) is 1.61. The summed E-state index contributed by atoms with van der Waals surface area (Å²) in [7, 11) is -3.56. The molecule has 3 aromatic rings. The van der Waals surface area contributed by atoms with Gasteiger partial charge in [0.25, 0.3) is 0 Å². The number of hydrogen-bond donors (Lipinski definition) is 0. The predicted molar refractivity (Wildman–Crippen MR) is 108 cm³/mol. The highest BCUT2D eigenvalue weighted by Gasteiger charge is 2.26. The maximum absolute atomic E-state index is 12.8. The third-order valence-corrected chi connectivity index (χ3v) is 6.73. The lowest BCUT2D eigenvalue weighted by Crippen LogP contribution is -2.40. The fourth-order valence-electron chi connectivity index (χ4n) is 3.29. The Bertz CT molecular complexity index is 1200. The molecule has 0 aliphatic carbocycles. The number of fused-ring (bicyclic) bond motifs is 1. The van der Waals surface area contributed by atoms with E-state index < -0.39 is 15.6 Å². The summed E-state index contributed by atoms with van der Waals surface area (Å²) in [5, 5.41) is 0.843. The second-order valence-electron chi connectivity index (χ2n) is 6.86. The Hall–Kier alpha value is -2.68. The van der Waals surface area contributed by atoms with Gasteiger partial charge in [-0.2, -0.15) is 4.31 Å². The number of benzene rings is 2. The molecule has 0 amide bonds. The van der Waals surface area contributed by atoms with Crippen molar-refractivity contribution < 1.29 is 22.3 Å². The first-order chi connectivity index (χ1) is 13.9. The molecule has 2 heterocycles. The number of aryl methyl sites for hydroxylation is 1. The highest BCUT2D eigenvalue weighted by molar-refractivity contribution is 7.89. The molecule has 0 radical (unpaired) electrons. The summed E-state index contributed by atoms with van der Waals surface area (Å²) in [6.07, 6.45) is 0. The Labute approximate surface area is 168 Å². The molecular weight excluding hydrogens is 394 g/mol. The van der Waals surface area contributed by atoms with Crippen molar-refractivity contribution in [2.45, 2.75) is 18.4 Å². The number of hydrogen-bond acceptors (Lipinski definition) is 6. The fraction of sp³-hybridized carbons (Fsp3) is 0.286. The summed E-state index contributed by atoms with van der Waals surface area (Å²) < 4.78 is 43.3. The monoisotopic (exact) mass is 415 g/mol. The summed E-state index contributed by atoms with van der Waals surface area (Å²) in [5.74, 6) is 0.535. The van der Waals surface area contributed by atoms with E-state index in [0.717, 1.165) is 16.5 Å². The molecule has 8 heteroatoms. The highest BCUT2D eigenvalue weighted by Crippen LogP contribution is 2.24. The van der Waals surface area contributed by atoms with Gasteiger partial charge in [-0.15, -0.1) is 0 Å². The van der Waals surface area contributed by atoms with E-state index in [0.29, 0.717) is 37.6 Å². The van der Waals surface area contributed by atoms with Crippen molar-refractivity contribution in [3.05, 3.63) is 70.1 Å². The first-order valence-corrected chi connectivity index (χ1v) is 10.7. The van der Waals surface area contributed by atoms with Crippen molar-refractivity contribution in [3.63, 3.8) is 0 Å². The first-order valence-electron chi connectivity index (χ1n) is 9.28. The van der Waals surface area contributed by atoms with Crippen LogP contribution >= 0.6 is 0 Å². The molecule has 1 aliphatic heterocycles. The van der Waals surface area contributed by atoms with Gasteiger partial charge in [-0.1, -0.05) is 12.1 Å². The highest BCUT2D eigenvalue weighted by atomic mass is 32.2. The minimum Gasteiger partial charge on any atom is -0.489 e. The largest absolute Gasteiger partial charge is 0.489 e. The molecule has 2 aromatic carbocycles. The van der Waals surface area contributed by atoms with Gasteiger partial charge >= 0.3 is 5.63 Å². The minimum absolute atomic E-state index is 0.189. The topological polar surface area (TPSA) is 86.0 Å². The molecule has 1 aromatic heterocycles. The van der Waals surface area contributed by atoms with Gasteiger partial charge in [0.15, 0.2) is 0 Å². The van der Waals surface area contributed by atoms with E-state index in [2.05, 4.69) is 0 Å². The molecule has 29 heavy (non-hydrogen) atoms. The third kappa shape index (κ3) is 4.19. The lowest BCUT2D eigenvalue weighted by molar-refractivity contribution is 0.0730. The van der Waals surface area contributed by atoms with Crippen LogP contribution in [0, 0.1) is 6.92 Å². The van der Waals surface area contributed by atoms with E-state index in [-0.39, 0.29) is 11.5 Å². The van der Waals surface area contributed by atoms with Gasteiger partial charge in [0, 0.05) is 30.6 Å². The van der Waals surface area contributed by atoms with Crippen LogP contribution < -0.4 is 10.4 Å². The summed E-state index contributed by atoms with van der Waals surface area (Å²) >= 11 is 0. The minimum atomic E-state index is -3.56. The van der Waals surface area contributed by atoms with E-state index >= 15 is 0 Å². The molecule has 0 bridgehead atoms. The zero-order valence-electron chi connectivity index (χ0n) is 16.0. The third-order valence-electron chi connectivity index (χ3n) is 4.83. The molecule has 0 unspecified atom stereocenters. The second-order valence-corrected chi connectivity index (χ2v) is 8.80.